The number of nitrogens with zero attached hydrogens (tertiary/aromatic N) is 2. The third-order valence-corrected chi connectivity index (χ3v) is 4.94. The summed E-state index contributed by atoms with van der Waals surface area (Å²) in [4.78, 5) is 15.8. The van der Waals surface area contributed by atoms with E-state index in [1.807, 2.05) is 44.4 Å². The number of nitrogens with one attached hydrogen (secondary N) is 2. The number of carbonyl (C=O) groups excluding carboxylic acids is 1. The van der Waals surface area contributed by atoms with Crippen molar-refractivity contribution in [2.45, 2.75) is 19.4 Å². The van der Waals surface area contributed by atoms with Gasteiger partial charge in [0.1, 0.15) is 11.4 Å². The molecule has 0 fully saturated rings. The Bertz CT molecular complexity index is 1040. The summed E-state index contributed by atoms with van der Waals surface area (Å²) in [7, 11) is 1.86. The summed E-state index contributed by atoms with van der Waals surface area (Å²) >= 11 is 0. The van der Waals surface area contributed by atoms with Gasteiger partial charge in [-0.1, -0.05) is 24.3 Å². The summed E-state index contributed by atoms with van der Waals surface area (Å²) in [6, 6.07) is 7.58. The van der Waals surface area contributed by atoms with E-state index in [4.69, 9.17) is 4.74 Å². The Balaban J connectivity index is 1.42. The van der Waals surface area contributed by atoms with Crippen LogP contribution >= 0.6 is 0 Å². The summed E-state index contributed by atoms with van der Waals surface area (Å²) in [5, 5.41) is 8.10. The molecule has 144 valence electrons. The van der Waals surface area contributed by atoms with Crippen LogP contribution in [-0.2, 0) is 7.05 Å². The second-order valence-corrected chi connectivity index (χ2v) is 7.19. The summed E-state index contributed by atoms with van der Waals surface area (Å²) in [5.74, 6) is 1.07. The molecule has 1 amide bonds. The molecule has 2 aromatic heterocycles. The molecule has 0 saturated carbocycles. The number of allylic oxidation sites excluding steroid dienone is 3. The first-order valence-corrected chi connectivity index (χ1v) is 9.47. The van der Waals surface area contributed by atoms with E-state index in [0.29, 0.717) is 18.2 Å². The first kappa shape index (κ1) is 18.1. The van der Waals surface area contributed by atoms with Gasteiger partial charge in [-0.3, -0.25) is 9.48 Å². The van der Waals surface area contributed by atoms with Gasteiger partial charge in [-0.15, -0.1) is 0 Å². The van der Waals surface area contributed by atoms with Crippen LogP contribution in [0, 0.1) is 5.92 Å². The van der Waals surface area contributed by atoms with Crippen LogP contribution in [0.2, 0.25) is 0 Å². The van der Waals surface area contributed by atoms with Gasteiger partial charge in [0.15, 0.2) is 0 Å². The average molecular weight is 376 g/mol. The monoisotopic (exact) mass is 376 g/mol. The molecule has 28 heavy (non-hydrogen) atoms. The maximum atomic E-state index is 12.6. The minimum absolute atomic E-state index is 0.121. The molecule has 4 rings (SSSR count). The number of fused-ring (bicyclic) bond motifs is 1. The molecule has 0 saturated heterocycles. The maximum absolute atomic E-state index is 12.6. The van der Waals surface area contributed by atoms with Crippen molar-refractivity contribution in [1.29, 1.82) is 0 Å². The zero-order valence-corrected chi connectivity index (χ0v) is 16.1. The van der Waals surface area contributed by atoms with Crippen molar-refractivity contribution in [2.24, 2.45) is 13.0 Å². The number of hydrogen-bond acceptors (Lipinski definition) is 3. The number of rotatable bonds is 6. The van der Waals surface area contributed by atoms with Gasteiger partial charge in [-0.25, -0.2) is 0 Å². The smallest absolute Gasteiger partial charge is 0.268 e. The van der Waals surface area contributed by atoms with Gasteiger partial charge in [0.25, 0.3) is 5.91 Å². The molecule has 6 nitrogen and oxygen atoms in total. The van der Waals surface area contributed by atoms with Crippen molar-refractivity contribution in [1.82, 2.24) is 20.1 Å². The van der Waals surface area contributed by atoms with Crippen LogP contribution in [-0.4, -0.2) is 27.3 Å². The fourth-order valence-corrected chi connectivity index (χ4v) is 3.30. The highest BCUT2D eigenvalue weighted by molar-refractivity contribution is 5.98. The Morgan fingerprint density at radius 3 is 3.04 bits per heavy atom. The van der Waals surface area contributed by atoms with Crippen molar-refractivity contribution >= 4 is 16.8 Å². The van der Waals surface area contributed by atoms with Gasteiger partial charge < -0.3 is 15.0 Å². The number of aromatic amines is 1. The van der Waals surface area contributed by atoms with E-state index in [2.05, 4.69) is 39.7 Å². The number of hydrogen-bond donors (Lipinski definition) is 2. The molecule has 0 aliphatic heterocycles. The van der Waals surface area contributed by atoms with Crippen molar-refractivity contribution in [3.8, 4) is 5.75 Å². The van der Waals surface area contributed by atoms with Crippen LogP contribution in [0.1, 0.15) is 35.4 Å². The van der Waals surface area contributed by atoms with Crippen molar-refractivity contribution in [3.05, 3.63) is 72.2 Å². The lowest BCUT2D eigenvalue weighted by Crippen LogP contribution is -2.26. The Hall–Kier alpha value is -3.28. The van der Waals surface area contributed by atoms with Crippen molar-refractivity contribution < 1.29 is 9.53 Å². The van der Waals surface area contributed by atoms with Crippen LogP contribution in [0.3, 0.4) is 0 Å². The quantitative estimate of drug-likeness (QED) is 0.685. The highest BCUT2D eigenvalue weighted by Gasteiger charge is 2.15. The predicted octanol–water partition coefficient (Wildman–Crippen LogP) is 3.90. The van der Waals surface area contributed by atoms with Crippen LogP contribution in [0.4, 0.5) is 0 Å². The van der Waals surface area contributed by atoms with Gasteiger partial charge in [0.05, 0.1) is 18.8 Å². The second-order valence-electron chi connectivity index (χ2n) is 7.19. The number of amides is 1. The molecule has 1 aliphatic carbocycles. The lowest BCUT2D eigenvalue weighted by molar-refractivity contribution is 0.0935. The van der Waals surface area contributed by atoms with Crippen LogP contribution in [0.15, 0.2) is 61.0 Å². The number of carbonyl (C=O) groups is 1. The fourth-order valence-electron chi connectivity index (χ4n) is 3.30. The normalized spacial score (nSPS) is 17.0. The van der Waals surface area contributed by atoms with Gasteiger partial charge >= 0.3 is 0 Å². The summed E-state index contributed by atoms with van der Waals surface area (Å²) in [6.45, 7) is 2.59. The third kappa shape index (κ3) is 4.01. The van der Waals surface area contributed by atoms with Gasteiger partial charge in [0, 0.05) is 35.6 Å². The Morgan fingerprint density at radius 1 is 1.39 bits per heavy atom. The molecule has 0 spiro atoms. The van der Waals surface area contributed by atoms with Crippen LogP contribution < -0.4 is 10.1 Å². The zero-order chi connectivity index (χ0) is 19.5. The molecule has 1 aliphatic rings. The highest BCUT2D eigenvalue weighted by Crippen LogP contribution is 2.23. The van der Waals surface area contributed by atoms with Gasteiger partial charge in [-0.2, -0.15) is 5.10 Å². The standard InChI is InChI=1S/C22H24N4O2/c1-15(18-12-23-26(2)13-18)24-22(27)21-11-17-10-19(8-9-20(17)25-21)28-14-16-6-4-3-5-7-16/h3-6,8-13,15-16,25H,7,14H2,1-2H3,(H,24,27). The molecule has 0 bridgehead atoms. The number of ether oxygens (including phenoxy) is 1. The predicted molar refractivity (Wildman–Crippen MR) is 109 cm³/mol. The summed E-state index contributed by atoms with van der Waals surface area (Å²) in [6.07, 6.45) is 13.1. The van der Waals surface area contributed by atoms with Crippen molar-refractivity contribution in [3.63, 3.8) is 0 Å². The molecule has 2 unspecified atom stereocenters. The summed E-state index contributed by atoms with van der Waals surface area (Å²) < 4.78 is 7.66. The fraction of sp³-hybridized carbons (Fsp3) is 0.273. The number of aryl methyl sites for hydroxylation is 1. The number of aromatic nitrogens is 3. The topological polar surface area (TPSA) is 71.9 Å². The Morgan fingerprint density at radius 2 is 2.29 bits per heavy atom. The molecular weight excluding hydrogens is 352 g/mol. The molecule has 2 N–H and O–H groups in total. The first-order chi connectivity index (χ1) is 13.6. The molecule has 1 aromatic carbocycles. The van der Waals surface area contributed by atoms with E-state index in [0.717, 1.165) is 28.6 Å². The SMILES string of the molecule is CC(NC(=O)c1cc2cc(OCC3C=CC=CC3)ccc2[nH]1)c1cnn(C)c1. The average Bonchev–Trinajstić information content (AvgIpc) is 3.33. The van der Waals surface area contributed by atoms with E-state index < -0.39 is 0 Å². The van der Waals surface area contributed by atoms with E-state index >= 15 is 0 Å². The zero-order valence-electron chi connectivity index (χ0n) is 16.1. The van der Waals surface area contributed by atoms with E-state index in [-0.39, 0.29) is 11.9 Å². The largest absolute Gasteiger partial charge is 0.493 e. The number of H-pyrrole nitrogens is 1. The molecule has 6 heteroatoms. The van der Waals surface area contributed by atoms with E-state index in [1.54, 1.807) is 10.9 Å². The molecule has 0 radical (unpaired) electrons. The Labute approximate surface area is 163 Å². The second kappa shape index (κ2) is 7.76. The van der Waals surface area contributed by atoms with Crippen LogP contribution in [0.25, 0.3) is 10.9 Å². The Kier molecular flexibility index (Phi) is 5.02. The minimum Gasteiger partial charge on any atom is -0.493 e. The van der Waals surface area contributed by atoms with E-state index in [9.17, 15) is 4.79 Å². The molecule has 3 aromatic rings. The lowest BCUT2D eigenvalue weighted by Gasteiger charge is -2.14. The minimum atomic E-state index is -0.144. The van der Waals surface area contributed by atoms with Crippen LogP contribution in [0.5, 0.6) is 5.75 Å². The van der Waals surface area contributed by atoms with Gasteiger partial charge in [0.2, 0.25) is 0 Å². The maximum Gasteiger partial charge on any atom is 0.268 e. The molecule has 2 heterocycles. The third-order valence-electron chi connectivity index (χ3n) is 4.94. The van der Waals surface area contributed by atoms with Gasteiger partial charge in [-0.05, 0) is 37.6 Å². The van der Waals surface area contributed by atoms with E-state index in [1.165, 1.54) is 0 Å². The lowest BCUT2D eigenvalue weighted by atomic mass is 10.0. The van der Waals surface area contributed by atoms with Crippen molar-refractivity contribution in [2.75, 3.05) is 6.61 Å². The first-order valence-electron chi connectivity index (χ1n) is 9.47. The number of benzene rings is 1. The highest BCUT2D eigenvalue weighted by atomic mass is 16.5. The molecular formula is C22H24N4O2. The molecule has 2 atom stereocenters. The summed E-state index contributed by atoms with van der Waals surface area (Å²) in [5.41, 5.74) is 2.41.